The van der Waals surface area contributed by atoms with Crippen LogP contribution in [-0.4, -0.2) is 35.3 Å². The fourth-order valence-electron chi connectivity index (χ4n) is 2.02. The standard InChI is InChI=1S/C11H16BrN3O2/c1-3-8-5-17-7(2)4-15(8)10-9(12)11(16)14-6-13-10/h6-8H,3-5H2,1-2H3,(H,13,14,16). The van der Waals surface area contributed by atoms with Crippen LogP contribution < -0.4 is 10.5 Å². The van der Waals surface area contributed by atoms with E-state index in [2.05, 4.69) is 37.7 Å². The zero-order valence-corrected chi connectivity index (χ0v) is 11.5. The van der Waals surface area contributed by atoms with Crippen LogP contribution >= 0.6 is 15.9 Å². The van der Waals surface area contributed by atoms with Crippen LogP contribution in [-0.2, 0) is 4.74 Å². The Hall–Kier alpha value is -0.880. The molecule has 0 amide bonds. The van der Waals surface area contributed by atoms with Gasteiger partial charge in [-0.2, -0.15) is 0 Å². The number of morpholine rings is 1. The summed E-state index contributed by atoms with van der Waals surface area (Å²) in [6, 6.07) is 0.275. The van der Waals surface area contributed by atoms with Gasteiger partial charge in [0.15, 0.2) is 5.82 Å². The highest BCUT2D eigenvalue weighted by molar-refractivity contribution is 9.10. The normalized spacial score (nSPS) is 25.0. The van der Waals surface area contributed by atoms with Crippen molar-refractivity contribution in [3.8, 4) is 0 Å². The molecule has 2 atom stereocenters. The average Bonchev–Trinajstić information content (AvgIpc) is 2.33. The van der Waals surface area contributed by atoms with E-state index in [0.717, 1.165) is 13.0 Å². The van der Waals surface area contributed by atoms with Gasteiger partial charge in [-0.25, -0.2) is 4.98 Å². The first kappa shape index (κ1) is 12.6. The van der Waals surface area contributed by atoms with Gasteiger partial charge >= 0.3 is 0 Å². The van der Waals surface area contributed by atoms with Gasteiger partial charge in [0, 0.05) is 6.54 Å². The first-order valence-corrected chi connectivity index (χ1v) is 6.54. The summed E-state index contributed by atoms with van der Waals surface area (Å²) in [7, 11) is 0. The summed E-state index contributed by atoms with van der Waals surface area (Å²) in [6.45, 7) is 5.57. The smallest absolute Gasteiger partial charge is 0.267 e. The molecule has 1 aromatic heterocycles. The lowest BCUT2D eigenvalue weighted by atomic mass is 10.1. The molecule has 2 heterocycles. The van der Waals surface area contributed by atoms with Gasteiger partial charge in [-0.1, -0.05) is 6.92 Å². The Morgan fingerprint density at radius 3 is 3.18 bits per heavy atom. The summed E-state index contributed by atoms with van der Waals surface area (Å²) in [5.74, 6) is 0.704. The van der Waals surface area contributed by atoms with Gasteiger partial charge in [0.2, 0.25) is 0 Å². The number of halogens is 1. The van der Waals surface area contributed by atoms with Crippen LogP contribution in [0.25, 0.3) is 0 Å². The van der Waals surface area contributed by atoms with Gasteiger partial charge in [-0.15, -0.1) is 0 Å². The molecule has 1 fully saturated rings. The number of nitrogens with one attached hydrogen (secondary N) is 1. The maximum Gasteiger partial charge on any atom is 0.267 e. The van der Waals surface area contributed by atoms with Crippen molar-refractivity contribution in [2.45, 2.75) is 32.4 Å². The second kappa shape index (κ2) is 5.18. The SMILES string of the molecule is CCC1COC(C)CN1c1nc[nH]c(=O)c1Br. The van der Waals surface area contributed by atoms with Crippen molar-refractivity contribution in [2.75, 3.05) is 18.1 Å². The van der Waals surface area contributed by atoms with Gasteiger partial charge in [-0.05, 0) is 29.3 Å². The van der Waals surface area contributed by atoms with E-state index in [4.69, 9.17) is 4.74 Å². The summed E-state index contributed by atoms with van der Waals surface area (Å²) >= 11 is 3.30. The number of ether oxygens (including phenoxy) is 1. The molecule has 0 spiro atoms. The zero-order valence-electron chi connectivity index (χ0n) is 9.94. The van der Waals surface area contributed by atoms with Crippen LogP contribution in [0.3, 0.4) is 0 Å². The third-order valence-corrected chi connectivity index (χ3v) is 3.70. The Bertz CT molecular complexity index is 449. The van der Waals surface area contributed by atoms with Crippen molar-refractivity contribution >= 4 is 21.7 Å². The lowest BCUT2D eigenvalue weighted by molar-refractivity contribution is 0.0295. The number of aromatic nitrogens is 2. The van der Waals surface area contributed by atoms with Crippen LogP contribution in [0, 0.1) is 0 Å². The van der Waals surface area contributed by atoms with Crippen molar-refractivity contribution in [1.29, 1.82) is 0 Å². The van der Waals surface area contributed by atoms with Crippen LogP contribution in [0.2, 0.25) is 0 Å². The van der Waals surface area contributed by atoms with Crippen LogP contribution in [0.5, 0.6) is 0 Å². The molecule has 0 bridgehead atoms. The molecule has 2 unspecified atom stereocenters. The highest BCUT2D eigenvalue weighted by atomic mass is 79.9. The van der Waals surface area contributed by atoms with Crippen molar-refractivity contribution in [1.82, 2.24) is 9.97 Å². The molecule has 1 aromatic rings. The summed E-state index contributed by atoms with van der Waals surface area (Å²) < 4.78 is 6.13. The van der Waals surface area contributed by atoms with E-state index >= 15 is 0 Å². The fraction of sp³-hybridized carbons (Fsp3) is 0.636. The van der Waals surface area contributed by atoms with Gasteiger partial charge in [-0.3, -0.25) is 4.79 Å². The summed E-state index contributed by atoms with van der Waals surface area (Å²) in [6.07, 6.45) is 2.56. The van der Waals surface area contributed by atoms with Crippen molar-refractivity contribution in [3.05, 3.63) is 21.2 Å². The molecule has 0 aromatic carbocycles. The van der Waals surface area contributed by atoms with Crippen molar-refractivity contribution in [3.63, 3.8) is 0 Å². The molecule has 94 valence electrons. The molecule has 0 saturated carbocycles. The molecule has 2 rings (SSSR count). The van der Waals surface area contributed by atoms with E-state index < -0.39 is 0 Å². The second-order valence-corrected chi connectivity index (χ2v) is 5.02. The predicted molar refractivity (Wildman–Crippen MR) is 69.4 cm³/mol. The monoisotopic (exact) mass is 301 g/mol. The van der Waals surface area contributed by atoms with E-state index in [0.29, 0.717) is 16.9 Å². The summed E-state index contributed by atoms with van der Waals surface area (Å²) in [4.78, 5) is 20.5. The molecule has 0 aliphatic carbocycles. The predicted octanol–water partition coefficient (Wildman–Crippen LogP) is 1.54. The van der Waals surface area contributed by atoms with Crippen molar-refractivity contribution < 1.29 is 4.74 Å². The first-order chi connectivity index (χ1) is 8.13. The molecule has 6 heteroatoms. The first-order valence-electron chi connectivity index (χ1n) is 5.75. The molecular weight excluding hydrogens is 286 g/mol. The van der Waals surface area contributed by atoms with Gasteiger partial charge in [0.25, 0.3) is 5.56 Å². The minimum absolute atomic E-state index is 0.149. The van der Waals surface area contributed by atoms with E-state index in [1.807, 2.05) is 6.92 Å². The van der Waals surface area contributed by atoms with E-state index in [1.54, 1.807) is 0 Å². The van der Waals surface area contributed by atoms with E-state index in [9.17, 15) is 4.79 Å². The fourth-order valence-corrected chi connectivity index (χ4v) is 2.46. The molecular formula is C11H16BrN3O2. The molecule has 1 aliphatic heterocycles. The largest absolute Gasteiger partial charge is 0.375 e. The number of anilines is 1. The molecule has 5 nitrogen and oxygen atoms in total. The highest BCUT2D eigenvalue weighted by Crippen LogP contribution is 2.25. The number of aromatic amines is 1. The second-order valence-electron chi connectivity index (χ2n) is 4.23. The molecule has 17 heavy (non-hydrogen) atoms. The lowest BCUT2D eigenvalue weighted by Crippen LogP contribution is -2.49. The number of nitrogens with zero attached hydrogens (tertiary/aromatic N) is 2. The molecule has 1 aliphatic rings. The Kier molecular flexibility index (Phi) is 3.83. The van der Waals surface area contributed by atoms with E-state index in [1.165, 1.54) is 6.33 Å². The van der Waals surface area contributed by atoms with Gasteiger partial charge in [0.1, 0.15) is 4.47 Å². The molecule has 0 radical (unpaired) electrons. The van der Waals surface area contributed by atoms with Crippen molar-refractivity contribution in [2.24, 2.45) is 0 Å². The average molecular weight is 302 g/mol. The van der Waals surface area contributed by atoms with Crippen LogP contribution in [0.15, 0.2) is 15.6 Å². The topological polar surface area (TPSA) is 58.2 Å². The minimum Gasteiger partial charge on any atom is -0.375 e. The number of hydrogen-bond acceptors (Lipinski definition) is 4. The Balaban J connectivity index is 2.35. The quantitative estimate of drug-likeness (QED) is 0.900. The summed E-state index contributed by atoms with van der Waals surface area (Å²) in [5.41, 5.74) is -0.149. The molecule has 1 N–H and O–H groups in total. The Morgan fingerprint density at radius 1 is 1.71 bits per heavy atom. The third-order valence-electron chi connectivity index (χ3n) is 2.99. The number of rotatable bonds is 2. The van der Waals surface area contributed by atoms with Crippen LogP contribution in [0.1, 0.15) is 20.3 Å². The van der Waals surface area contributed by atoms with Crippen LogP contribution in [0.4, 0.5) is 5.82 Å². The molecule has 1 saturated heterocycles. The lowest BCUT2D eigenvalue weighted by Gasteiger charge is -2.39. The minimum atomic E-state index is -0.149. The maximum absolute atomic E-state index is 11.6. The number of hydrogen-bond donors (Lipinski definition) is 1. The van der Waals surface area contributed by atoms with E-state index in [-0.39, 0.29) is 17.7 Å². The third kappa shape index (κ3) is 2.52. The number of H-pyrrole nitrogens is 1. The van der Waals surface area contributed by atoms with Gasteiger partial charge in [0.05, 0.1) is 25.1 Å². The Labute approximate surface area is 108 Å². The zero-order chi connectivity index (χ0) is 12.4. The maximum atomic E-state index is 11.6. The highest BCUT2D eigenvalue weighted by Gasteiger charge is 2.28. The van der Waals surface area contributed by atoms with Gasteiger partial charge < -0.3 is 14.6 Å². The Morgan fingerprint density at radius 2 is 2.47 bits per heavy atom. The summed E-state index contributed by atoms with van der Waals surface area (Å²) in [5, 5.41) is 0.